The van der Waals surface area contributed by atoms with Crippen LogP contribution in [0.3, 0.4) is 0 Å². The van der Waals surface area contributed by atoms with E-state index in [0.717, 1.165) is 0 Å². The van der Waals surface area contributed by atoms with Gasteiger partial charge in [0.1, 0.15) is 18.1 Å². The first kappa shape index (κ1) is 28.4. The zero-order chi connectivity index (χ0) is 25.0. The topological polar surface area (TPSA) is 226 Å². The van der Waals surface area contributed by atoms with Crippen molar-refractivity contribution in [3.63, 3.8) is 0 Å². The van der Waals surface area contributed by atoms with E-state index in [-0.39, 0.29) is 12.2 Å². The number of carbonyl (C=O) groups excluding carboxylic acids is 3. The van der Waals surface area contributed by atoms with Crippen LogP contribution in [-0.4, -0.2) is 86.4 Å². The highest BCUT2D eigenvalue weighted by Gasteiger charge is 2.32. The number of nitrogens with one attached hydrogen (secondary N) is 4. The molecule has 1 rings (SSSR count). The van der Waals surface area contributed by atoms with Crippen molar-refractivity contribution in [1.29, 1.82) is 0 Å². The SMILES string of the molecule is CC(O)C(NC(=O)C(N)CCCCN)C(=O)NC(CS)C(=O)NC(Cc1cnc[nH]1)C(=O)O. The van der Waals surface area contributed by atoms with Gasteiger partial charge in [0.15, 0.2) is 0 Å². The van der Waals surface area contributed by atoms with Gasteiger partial charge in [-0.2, -0.15) is 12.6 Å². The number of carboxylic acid groups (broad SMARTS) is 1. The third kappa shape index (κ3) is 9.77. The van der Waals surface area contributed by atoms with E-state index in [2.05, 4.69) is 38.5 Å². The van der Waals surface area contributed by atoms with E-state index in [1.165, 1.54) is 19.4 Å². The van der Waals surface area contributed by atoms with Crippen molar-refractivity contribution in [2.75, 3.05) is 12.3 Å². The number of hydrogen-bond donors (Lipinski definition) is 9. The Bertz CT molecular complexity index is 777. The standard InChI is InChI=1S/C19H33N7O6S/c1-10(27)15(26-16(28)12(21)4-2-3-5-20)18(30)25-14(8-33)17(29)24-13(19(31)32)6-11-7-22-9-23-11/h7,9-10,12-15,27,33H,2-6,8,20-21H2,1H3,(H,22,23)(H,24,29)(H,25,30)(H,26,28)(H,31,32). The van der Waals surface area contributed by atoms with Gasteiger partial charge in [-0.3, -0.25) is 14.4 Å². The summed E-state index contributed by atoms with van der Waals surface area (Å²) in [5.41, 5.74) is 11.7. The van der Waals surface area contributed by atoms with E-state index in [4.69, 9.17) is 11.5 Å². The maximum atomic E-state index is 12.7. The number of hydrogen-bond acceptors (Lipinski definition) is 9. The molecule has 5 unspecified atom stereocenters. The van der Waals surface area contributed by atoms with Crippen LogP contribution >= 0.6 is 12.6 Å². The van der Waals surface area contributed by atoms with Gasteiger partial charge in [-0.1, -0.05) is 6.42 Å². The maximum absolute atomic E-state index is 12.7. The average Bonchev–Trinajstić information content (AvgIpc) is 3.27. The van der Waals surface area contributed by atoms with Crippen LogP contribution in [-0.2, 0) is 25.6 Å². The zero-order valence-electron chi connectivity index (χ0n) is 18.4. The van der Waals surface area contributed by atoms with Gasteiger partial charge in [-0.15, -0.1) is 0 Å². The van der Waals surface area contributed by atoms with Gasteiger partial charge in [-0.25, -0.2) is 9.78 Å². The number of H-pyrrole nitrogens is 1. The summed E-state index contributed by atoms with van der Waals surface area (Å²) in [7, 11) is 0. The number of nitrogens with zero attached hydrogens (tertiary/aromatic N) is 1. The van der Waals surface area contributed by atoms with Crippen LogP contribution in [0, 0.1) is 0 Å². The quantitative estimate of drug-likeness (QED) is 0.0922. The number of aromatic nitrogens is 2. The summed E-state index contributed by atoms with van der Waals surface area (Å²) in [5, 5.41) is 26.5. The molecular weight excluding hydrogens is 454 g/mol. The van der Waals surface area contributed by atoms with E-state index in [9.17, 15) is 29.4 Å². The van der Waals surface area contributed by atoms with Crippen LogP contribution in [0.15, 0.2) is 12.5 Å². The highest BCUT2D eigenvalue weighted by molar-refractivity contribution is 7.80. The lowest BCUT2D eigenvalue weighted by Gasteiger charge is -2.25. The fraction of sp³-hybridized carbons (Fsp3) is 0.632. The van der Waals surface area contributed by atoms with Gasteiger partial charge < -0.3 is 42.6 Å². The van der Waals surface area contributed by atoms with E-state index in [1.54, 1.807) is 0 Å². The Labute approximate surface area is 196 Å². The summed E-state index contributed by atoms with van der Waals surface area (Å²) < 4.78 is 0. The number of nitrogens with two attached hydrogens (primary N) is 2. The molecule has 1 heterocycles. The molecule has 0 saturated heterocycles. The molecule has 0 fully saturated rings. The van der Waals surface area contributed by atoms with Gasteiger partial charge in [0, 0.05) is 24.1 Å². The Kier molecular flexibility index (Phi) is 12.4. The second-order valence-electron chi connectivity index (χ2n) is 7.54. The maximum Gasteiger partial charge on any atom is 0.326 e. The molecule has 1 aromatic rings. The summed E-state index contributed by atoms with van der Waals surface area (Å²) in [6, 6.07) is -4.78. The highest BCUT2D eigenvalue weighted by atomic mass is 32.1. The Hall–Kier alpha value is -2.68. The Balaban J connectivity index is 2.76. The van der Waals surface area contributed by atoms with E-state index >= 15 is 0 Å². The number of imidazole rings is 1. The van der Waals surface area contributed by atoms with Crippen LogP contribution in [0.25, 0.3) is 0 Å². The number of aromatic amines is 1. The molecule has 0 radical (unpaired) electrons. The lowest BCUT2D eigenvalue weighted by Crippen LogP contribution is -2.60. The molecule has 10 N–H and O–H groups in total. The smallest absolute Gasteiger partial charge is 0.326 e. The average molecular weight is 488 g/mol. The summed E-state index contributed by atoms with van der Waals surface area (Å²) >= 11 is 4.04. The van der Waals surface area contributed by atoms with Gasteiger partial charge in [-0.05, 0) is 26.3 Å². The third-order valence-electron chi connectivity index (χ3n) is 4.78. The molecule has 14 heteroatoms. The Morgan fingerprint density at radius 3 is 2.30 bits per heavy atom. The van der Waals surface area contributed by atoms with Crippen molar-refractivity contribution in [3.8, 4) is 0 Å². The number of thiol groups is 1. The van der Waals surface area contributed by atoms with Crippen molar-refractivity contribution in [2.24, 2.45) is 11.5 Å². The fourth-order valence-corrected chi connectivity index (χ4v) is 3.11. The van der Waals surface area contributed by atoms with Gasteiger partial charge >= 0.3 is 5.97 Å². The minimum Gasteiger partial charge on any atom is -0.480 e. The molecule has 0 spiro atoms. The molecule has 0 aliphatic heterocycles. The van der Waals surface area contributed by atoms with E-state index < -0.39 is 54.0 Å². The van der Waals surface area contributed by atoms with Crippen molar-refractivity contribution in [3.05, 3.63) is 18.2 Å². The first-order valence-electron chi connectivity index (χ1n) is 10.5. The minimum atomic E-state index is -1.38. The number of carbonyl (C=O) groups is 4. The molecule has 0 aliphatic carbocycles. The van der Waals surface area contributed by atoms with Gasteiger partial charge in [0.25, 0.3) is 0 Å². The lowest BCUT2D eigenvalue weighted by molar-refractivity contribution is -0.142. The fourth-order valence-electron chi connectivity index (χ4n) is 2.85. The summed E-state index contributed by atoms with van der Waals surface area (Å²) in [6.45, 7) is 1.76. The molecule has 3 amide bonds. The van der Waals surface area contributed by atoms with E-state index in [0.29, 0.717) is 31.5 Å². The van der Waals surface area contributed by atoms with Crippen LogP contribution in [0.4, 0.5) is 0 Å². The second-order valence-corrected chi connectivity index (χ2v) is 7.91. The number of aliphatic hydroxyl groups is 1. The zero-order valence-corrected chi connectivity index (χ0v) is 19.3. The predicted octanol–water partition coefficient (Wildman–Crippen LogP) is -2.74. The number of amides is 3. The summed E-state index contributed by atoms with van der Waals surface area (Å²) in [6.07, 6.45) is 3.13. The largest absolute Gasteiger partial charge is 0.480 e. The molecule has 0 aliphatic rings. The molecule has 13 nitrogen and oxygen atoms in total. The normalized spacial score (nSPS) is 15.5. The third-order valence-corrected chi connectivity index (χ3v) is 5.14. The van der Waals surface area contributed by atoms with Crippen LogP contribution in [0.2, 0.25) is 0 Å². The first-order valence-corrected chi connectivity index (χ1v) is 11.1. The van der Waals surface area contributed by atoms with Crippen molar-refractivity contribution < 1.29 is 29.4 Å². The molecular formula is C19H33N7O6S. The number of aliphatic hydroxyl groups excluding tert-OH is 1. The first-order chi connectivity index (χ1) is 15.6. The number of carboxylic acids is 1. The summed E-state index contributed by atoms with van der Waals surface area (Å²) in [5.74, 6) is -3.71. The van der Waals surface area contributed by atoms with Gasteiger partial charge in [0.2, 0.25) is 17.7 Å². The second kappa shape index (κ2) is 14.5. The predicted molar refractivity (Wildman–Crippen MR) is 122 cm³/mol. The molecule has 0 saturated carbocycles. The summed E-state index contributed by atoms with van der Waals surface area (Å²) in [4.78, 5) is 55.6. The molecule has 0 bridgehead atoms. The number of aliphatic carboxylic acids is 1. The highest BCUT2D eigenvalue weighted by Crippen LogP contribution is 2.03. The molecule has 0 aromatic carbocycles. The van der Waals surface area contributed by atoms with E-state index in [1.807, 2.05) is 0 Å². The minimum absolute atomic E-state index is 0.0529. The van der Waals surface area contributed by atoms with Crippen molar-refractivity contribution in [1.82, 2.24) is 25.9 Å². The molecule has 186 valence electrons. The van der Waals surface area contributed by atoms with Crippen LogP contribution in [0.5, 0.6) is 0 Å². The number of unbranched alkanes of at least 4 members (excludes halogenated alkanes) is 1. The van der Waals surface area contributed by atoms with Crippen LogP contribution < -0.4 is 27.4 Å². The number of rotatable bonds is 15. The lowest BCUT2D eigenvalue weighted by atomic mass is 10.1. The Morgan fingerprint density at radius 2 is 1.79 bits per heavy atom. The van der Waals surface area contributed by atoms with Crippen molar-refractivity contribution >= 4 is 36.3 Å². The molecule has 5 atom stereocenters. The molecule has 1 aromatic heterocycles. The van der Waals surface area contributed by atoms with Crippen LogP contribution in [0.1, 0.15) is 31.9 Å². The molecule has 33 heavy (non-hydrogen) atoms. The Morgan fingerprint density at radius 1 is 1.12 bits per heavy atom. The van der Waals surface area contributed by atoms with Crippen molar-refractivity contribution in [2.45, 2.75) is 62.9 Å². The van der Waals surface area contributed by atoms with Gasteiger partial charge in [0.05, 0.1) is 18.5 Å². The monoisotopic (exact) mass is 487 g/mol.